The van der Waals surface area contributed by atoms with Crippen molar-refractivity contribution in [2.24, 2.45) is 0 Å². The predicted molar refractivity (Wildman–Crippen MR) is 56.1 cm³/mol. The molecule has 0 radical (unpaired) electrons. The zero-order chi connectivity index (χ0) is 10.6. The molecule has 1 aliphatic carbocycles. The number of fused-ring (bicyclic) bond motifs is 1. The van der Waals surface area contributed by atoms with Gasteiger partial charge in [-0.15, -0.1) is 0 Å². The Morgan fingerprint density at radius 1 is 1.53 bits per heavy atom. The minimum Gasteiger partial charge on any atom is -0.347 e. The van der Waals surface area contributed by atoms with Gasteiger partial charge in [0.05, 0.1) is 0 Å². The van der Waals surface area contributed by atoms with Crippen molar-refractivity contribution < 1.29 is 4.79 Å². The number of hydrogen-bond donors (Lipinski definition) is 0. The highest BCUT2D eigenvalue weighted by Gasteiger charge is 2.55. The lowest BCUT2D eigenvalue weighted by Gasteiger charge is -2.33. The molecular formula is C10H10ClN3O. The molecule has 1 saturated carbocycles. The number of halogens is 1. The first-order chi connectivity index (χ1) is 7.13. The summed E-state index contributed by atoms with van der Waals surface area (Å²) in [5.74, 6) is 1.09. The molecule has 2 heterocycles. The molecule has 1 fully saturated rings. The first-order valence-corrected chi connectivity index (χ1v) is 5.30. The van der Waals surface area contributed by atoms with E-state index in [1.54, 1.807) is 6.20 Å². The van der Waals surface area contributed by atoms with E-state index in [4.69, 9.17) is 11.6 Å². The number of carbonyl (C=O) groups excluding carboxylic acids is 1. The van der Waals surface area contributed by atoms with E-state index >= 15 is 0 Å². The van der Waals surface area contributed by atoms with Gasteiger partial charge in [0.1, 0.15) is 11.4 Å². The molecule has 0 bridgehead atoms. The number of Topliss-reactive ketones (excluding diaryl/α,β-unsaturated/α-hetero) is 1. The third-order valence-corrected chi connectivity index (χ3v) is 3.55. The van der Waals surface area contributed by atoms with Crippen LogP contribution in [0.1, 0.15) is 18.4 Å². The fourth-order valence-corrected chi connectivity index (χ4v) is 2.38. The summed E-state index contributed by atoms with van der Waals surface area (Å²) in [5.41, 5.74) is 0.606. The number of anilines is 1. The molecule has 1 spiro atoms. The lowest BCUT2D eigenvalue weighted by atomic mass is 9.97. The average molecular weight is 224 g/mol. The maximum Gasteiger partial charge on any atom is 0.224 e. The lowest BCUT2D eigenvalue weighted by molar-refractivity contribution is -0.120. The zero-order valence-corrected chi connectivity index (χ0v) is 9.08. The van der Waals surface area contributed by atoms with Gasteiger partial charge in [0, 0.05) is 25.2 Å². The lowest BCUT2D eigenvalue weighted by Crippen LogP contribution is -2.46. The number of ketones is 1. The van der Waals surface area contributed by atoms with E-state index in [1.165, 1.54) is 0 Å². The van der Waals surface area contributed by atoms with Gasteiger partial charge in [0.15, 0.2) is 5.78 Å². The molecule has 0 amide bonds. The second kappa shape index (κ2) is 2.70. The van der Waals surface area contributed by atoms with Crippen molar-refractivity contribution in [3.63, 3.8) is 0 Å². The van der Waals surface area contributed by atoms with Gasteiger partial charge in [-0.1, -0.05) is 0 Å². The molecule has 1 aliphatic heterocycles. The number of carbonyl (C=O) groups is 1. The number of rotatable bonds is 0. The maximum atomic E-state index is 11.9. The summed E-state index contributed by atoms with van der Waals surface area (Å²) in [6, 6.07) is 0. The summed E-state index contributed by atoms with van der Waals surface area (Å²) in [6.07, 6.45) is 3.96. The van der Waals surface area contributed by atoms with E-state index in [0.29, 0.717) is 6.42 Å². The van der Waals surface area contributed by atoms with Gasteiger partial charge in [-0.05, 0) is 24.4 Å². The van der Waals surface area contributed by atoms with Gasteiger partial charge >= 0.3 is 0 Å². The van der Waals surface area contributed by atoms with Crippen LogP contribution in [0.5, 0.6) is 0 Å². The van der Waals surface area contributed by atoms with Crippen LogP contribution in [0, 0.1) is 0 Å². The number of aromatic nitrogens is 2. The second-order valence-corrected chi connectivity index (χ2v) is 4.52. The molecule has 4 nitrogen and oxygen atoms in total. The topological polar surface area (TPSA) is 46.1 Å². The van der Waals surface area contributed by atoms with Gasteiger partial charge in [0.2, 0.25) is 5.28 Å². The molecule has 5 heteroatoms. The van der Waals surface area contributed by atoms with Crippen LogP contribution in [0.25, 0.3) is 0 Å². The average Bonchev–Trinajstić information content (AvgIpc) is 2.99. The van der Waals surface area contributed by atoms with Crippen LogP contribution in [0.4, 0.5) is 5.82 Å². The van der Waals surface area contributed by atoms with E-state index in [0.717, 1.165) is 24.2 Å². The Hall–Kier alpha value is -1.16. The van der Waals surface area contributed by atoms with Crippen molar-refractivity contribution in [3.8, 4) is 0 Å². The molecule has 1 aromatic heterocycles. The van der Waals surface area contributed by atoms with Gasteiger partial charge in [-0.25, -0.2) is 9.97 Å². The van der Waals surface area contributed by atoms with E-state index in [2.05, 4.69) is 9.97 Å². The maximum absolute atomic E-state index is 11.9. The zero-order valence-electron chi connectivity index (χ0n) is 8.33. The van der Waals surface area contributed by atoms with Crippen molar-refractivity contribution in [3.05, 3.63) is 17.0 Å². The highest BCUT2D eigenvalue weighted by molar-refractivity contribution is 6.28. The van der Waals surface area contributed by atoms with Crippen molar-refractivity contribution in [2.45, 2.75) is 24.8 Å². The SMILES string of the molecule is CN1c2nc(Cl)ncc2CC(=O)C12CC2. The molecule has 0 aromatic carbocycles. The van der Waals surface area contributed by atoms with Crippen molar-refractivity contribution in [2.75, 3.05) is 11.9 Å². The molecule has 15 heavy (non-hydrogen) atoms. The highest BCUT2D eigenvalue weighted by Crippen LogP contribution is 2.47. The fraction of sp³-hybridized carbons (Fsp3) is 0.500. The van der Waals surface area contributed by atoms with Crippen molar-refractivity contribution >= 4 is 23.2 Å². The Bertz CT molecular complexity index is 456. The number of hydrogen-bond acceptors (Lipinski definition) is 4. The largest absolute Gasteiger partial charge is 0.347 e. The van der Waals surface area contributed by atoms with E-state index in [9.17, 15) is 4.79 Å². The van der Waals surface area contributed by atoms with E-state index < -0.39 is 0 Å². The quantitative estimate of drug-likeness (QED) is 0.621. The Morgan fingerprint density at radius 2 is 2.27 bits per heavy atom. The molecule has 0 saturated heterocycles. The minimum atomic E-state index is -0.273. The molecule has 78 valence electrons. The number of nitrogens with zero attached hydrogens (tertiary/aromatic N) is 3. The molecule has 0 atom stereocenters. The van der Waals surface area contributed by atoms with Gasteiger partial charge in [0.25, 0.3) is 0 Å². The second-order valence-electron chi connectivity index (χ2n) is 4.18. The highest BCUT2D eigenvalue weighted by atomic mass is 35.5. The van der Waals surface area contributed by atoms with Gasteiger partial charge < -0.3 is 4.90 Å². The first-order valence-electron chi connectivity index (χ1n) is 4.92. The Balaban J connectivity index is 2.14. The summed E-state index contributed by atoms with van der Waals surface area (Å²) >= 11 is 5.76. The van der Waals surface area contributed by atoms with Gasteiger partial charge in [-0.3, -0.25) is 4.79 Å². The Morgan fingerprint density at radius 3 is 2.93 bits per heavy atom. The third kappa shape index (κ3) is 1.11. The summed E-state index contributed by atoms with van der Waals surface area (Å²) in [4.78, 5) is 22.0. The summed E-state index contributed by atoms with van der Waals surface area (Å²) in [5, 5.41) is 0.241. The smallest absolute Gasteiger partial charge is 0.224 e. The van der Waals surface area contributed by atoms with Crippen LogP contribution in [-0.2, 0) is 11.2 Å². The number of likely N-dealkylation sites (N-methyl/N-ethyl adjacent to an activating group) is 1. The summed E-state index contributed by atoms with van der Waals surface area (Å²) in [6.45, 7) is 0. The monoisotopic (exact) mass is 223 g/mol. The van der Waals surface area contributed by atoms with Crippen LogP contribution in [0.15, 0.2) is 6.20 Å². The molecule has 1 aromatic rings. The third-order valence-electron chi connectivity index (χ3n) is 3.37. The van der Waals surface area contributed by atoms with Crippen LogP contribution in [0.2, 0.25) is 5.28 Å². The van der Waals surface area contributed by atoms with E-state index in [-0.39, 0.29) is 16.6 Å². The molecular weight excluding hydrogens is 214 g/mol. The van der Waals surface area contributed by atoms with Crippen LogP contribution >= 0.6 is 11.6 Å². The van der Waals surface area contributed by atoms with Crippen LogP contribution in [0.3, 0.4) is 0 Å². The summed E-state index contributed by atoms with van der Waals surface area (Å²) < 4.78 is 0. The predicted octanol–water partition coefficient (Wildman–Crippen LogP) is 1.22. The van der Waals surface area contributed by atoms with Crippen molar-refractivity contribution in [1.29, 1.82) is 0 Å². The van der Waals surface area contributed by atoms with E-state index in [1.807, 2.05) is 11.9 Å². The molecule has 2 aliphatic rings. The standard InChI is InChI=1S/C10H10ClN3O/c1-14-8-6(5-12-9(11)13-8)4-7(15)10(14)2-3-10/h5H,2-4H2,1H3. The Labute approximate surface area is 92.3 Å². The molecule has 0 N–H and O–H groups in total. The fourth-order valence-electron chi connectivity index (χ4n) is 2.25. The van der Waals surface area contributed by atoms with Crippen LogP contribution < -0.4 is 4.90 Å². The normalized spacial score (nSPS) is 21.7. The molecule has 3 rings (SSSR count). The molecule has 0 unspecified atom stereocenters. The van der Waals surface area contributed by atoms with Crippen molar-refractivity contribution in [1.82, 2.24) is 9.97 Å². The summed E-state index contributed by atoms with van der Waals surface area (Å²) in [7, 11) is 1.91. The Kier molecular flexibility index (Phi) is 1.63. The van der Waals surface area contributed by atoms with Gasteiger partial charge in [-0.2, -0.15) is 0 Å². The minimum absolute atomic E-state index is 0.241. The van der Waals surface area contributed by atoms with Crippen LogP contribution in [-0.4, -0.2) is 28.3 Å². The first kappa shape index (κ1) is 9.09.